The van der Waals surface area contributed by atoms with E-state index in [1.54, 1.807) is 0 Å². The number of rotatable bonds is 22. The average molecular weight is 1390 g/mol. The predicted octanol–water partition coefficient (Wildman–Crippen LogP) is 21.6. The van der Waals surface area contributed by atoms with Gasteiger partial charge in [0.2, 0.25) is 0 Å². The van der Waals surface area contributed by atoms with E-state index in [-0.39, 0.29) is 33.0 Å². The molecular weight excluding hydrogens is 1320 g/mol. The zero-order valence-electron chi connectivity index (χ0n) is 33.2. The minimum absolute atomic E-state index is 0.226. The third kappa shape index (κ3) is 18.1. The Labute approximate surface area is 409 Å². The Morgan fingerprint density at radius 1 is 0.759 bits per heavy atom. The second kappa shape index (κ2) is 32.1. The fraction of sp³-hybridized carbons (Fsp3) is 0.810. The van der Waals surface area contributed by atoms with Gasteiger partial charge < -0.3 is 23.8 Å². The van der Waals surface area contributed by atoms with Gasteiger partial charge in [0.15, 0.2) is 0 Å². The first-order valence-electron chi connectivity index (χ1n) is 17.1. The van der Waals surface area contributed by atoms with E-state index in [2.05, 4.69) is 193 Å². The summed E-state index contributed by atoms with van der Waals surface area (Å²) in [6.45, 7) is 10.6. The molecule has 2 aliphatic rings. The van der Waals surface area contributed by atoms with Crippen molar-refractivity contribution >= 4 is 259 Å². The molecule has 2 aliphatic carbocycles. The maximum atomic E-state index is 13.6. The van der Waals surface area contributed by atoms with Gasteiger partial charge in [0, 0.05) is 33.9 Å². The molecule has 0 spiro atoms. The molecule has 0 aromatic carbocycles. The largest absolute Gasteiger partial charge is 0.389 e. The summed E-state index contributed by atoms with van der Waals surface area (Å²) < 4.78 is 23.4. The van der Waals surface area contributed by atoms with Crippen LogP contribution in [0, 0.1) is 17.3 Å². The summed E-state index contributed by atoms with van der Waals surface area (Å²) in [5.74, 6) is -0.797. The van der Waals surface area contributed by atoms with Gasteiger partial charge in [-0.1, -0.05) is 66.5 Å². The van der Waals surface area contributed by atoms with E-state index in [1.165, 1.54) is 11.1 Å². The van der Waals surface area contributed by atoms with Crippen molar-refractivity contribution in [1.82, 2.24) is 0 Å². The summed E-state index contributed by atoms with van der Waals surface area (Å²) in [5.41, 5.74) is 1.01. The van der Waals surface area contributed by atoms with Gasteiger partial charge in [-0.15, -0.1) is 134 Å². The van der Waals surface area contributed by atoms with Gasteiger partial charge in [0.05, 0.1) is 40.9 Å². The number of hydrogen-bond donors (Lipinski definition) is 2. The molecule has 0 aliphatic heterocycles. The first-order chi connectivity index (χ1) is 26.7. The van der Waals surface area contributed by atoms with Crippen molar-refractivity contribution in [3.8, 4) is 0 Å². The fourth-order valence-electron chi connectivity index (χ4n) is 7.03. The second-order valence-electron chi connectivity index (χ2n) is 13.9. The maximum Gasteiger partial charge on any atom is 0.117 e. The van der Waals surface area contributed by atoms with E-state index in [0.29, 0.717) is 26.4 Å². The molecule has 0 saturated heterocycles. The number of aliphatic hydroxyl groups excluding tert-OH is 1. The van der Waals surface area contributed by atoms with Crippen LogP contribution in [0.5, 0.6) is 0 Å². The summed E-state index contributed by atoms with van der Waals surface area (Å²) in [6, 6.07) is 0. The summed E-state index contributed by atoms with van der Waals surface area (Å²) >= 11 is 0. The molecule has 2 N–H and O–H groups in total. The molecule has 2 rings (SSSR count). The SMILES string of the molecule is C=C(CCCC)[C@@]1(O)[C@H](O)C2C[C@H](OP(P(P)P(P)P)P(P(P)P)P(P)P)C(C)=C([C@@H](OP(P(P)P)P(PP)P(P)P)[C@H](OP(P(P)P)P(P)P(P)P)[C@H]1C)C2(C)C. The highest BCUT2D eigenvalue weighted by molar-refractivity contribution is 9.19. The zero-order valence-corrected chi connectivity index (χ0v) is 66.3. The molecule has 1 saturated carbocycles. The molecule has 31 atom stereocenters. The van der Waals surface area contributed by atoms with E-state index in [9.17, 15) is 10.2 Å². The summed E-state index contributed by atoms with van der Waals surface area (Å²) in [4.78, 5) is 0. The van der Waals surface area contributed by atoms with Crippen LogP contribution >= 0.6 is 259 Å². The van der Waals surface area contributed by atoms with Crippen molar-refractivity contribution in [2.75, 3.05) is 0 Å². The van der Waals surface area contributed by atoms with Crippen LogP contribution in [0.2, 0.25) is 0 Å². The topological polar surface area (TPSA) is 68.2 Å². The normalized spacial score (nSPS) is 30.3. The van der Waals surface area contributed by atoms with Crippen molar-refractivity contribution in [3.63, 3.8) is 0 Å². The Morgan fingerprint density at radius 3 is 1.67 bits per heavy atom. The standard InChI is InChI=1S/C21H68O5P32/c1-7-8-9-11(2)21(23)13(4)17(25-45(48(28)29)55(42)50(32)33)18(26-46(49(30)31)57(44-27)52(36)37)16-12(3)15(10-14(19(21)22)20(16,5)6)24-47(56(43)51(34)35)58(53(38)39)54(40)41/h13-15,17-19,22-23,44H,2,7-10,27-43H2,1,3-6H3/t13-,14?,15+,17-,18-,19-,21+,45?,46?,47?,55?,56?,57?/m1/s1. The molecule has 0 aromatic rings. The van der Waals surface area contributed by atoms with Crippen LogP contribution in [0.15, 0.2) is 23.3 Å². The maximum absolute atomic E-state index is 13.6. The van der Waals surface area contributed by atoms with Gasteiger partial charge in [-0.25, -0.2) is 0 Å². The third-order valence-corrected chi connectivity index (χ3v) is 168. The van der Waals surface area contributed by atoms with Crippen LogP contribution in [0.3, 0.4) is 0 Å². The number of aliphatic hydroxyl groups is 2. The summed E-state index contributed by atoms with van der Waals surface area (Å²) in [7, 11) is 51.2. The van der Waals surface area contributed by atoms with Crippen LogP contribution < -0.4 is 0 Å². The molecule has 0 radical (unpaired) electrons. The van der Waals surface area contributed by atoms with Crippen molar-refractivity contribution in [2.24, 2.45) is 17.3 Å². The first kappa shape index (κ1) is 67.2. The van der Waals surface area contributed by atoms with Crippen molar-refractivity contribution in [1.29, 1.82) is 0 Å². The smallest absolute Gasteiger partial charge is 0.117 e. The Kier molecular flexibility index (Phi) is 37.1. The lowest BCUT2D eigenvalue weighted by Crippen LogP contribution is -2.64. The van der Waals surface area contributed by atoms with Gasteiger partial charge in [0.25, 0.3) is 0 Å². The van der Waals surface area contributed by atoms with Gasteiger partial charge in [-0.2, -0.15) is 0 Å². The van der Waals surface area contributed by atoms with Crippen LogP contribution in [0.4, 0.5) is 0 Å². The van der Waals surface area contributed by atoms with E-state index in [4.69, 9.17) is 13.6 Å². The van der Waals surface area contributed by atoms with E-state index in [1.807, 2.05) is 0 Å². The molecule has 37 heteroatoms. The second-order valence-corrected chi connectivity index (χ2v) is 129. The molecular formula is C21H68O5P32. The molecule has 2 bridgehead atoms. The Hall–Kier alpha value is 13.0. The first-order valence-corrected chi connectivity index (χ1v) is 72.9. The molecule has 25 unspecified atom stereocenters. The third-order valence-electron chi connectivity index (χ3n) is 9.92. The molecule has 58 heavy (non-hydrogen) atoms. The highest BCUT2D eigenvalue weighted by atomic mass is 33.2. The number of fused-ring (bicyclic) bond motifs is 2. The van der Waals surface area contributed by atoms with Crippen LogP contribution in [-0.4, -0.2) is 40.2 Å². The molecule has 342 valence electrons. The van der Waals surface area contributed by atoms with E-state index < -0.39 is 114 Å². The molecule has 0 heterocycles. The highest BCUT2D eigenvalue weighted by Crippen LogP contribution is 3.18. The van der Waals surface area contributed by atoms with Crippen molar-refractivity contribution in [3.05, 3.63) is 23.3 Å². The Bertz CT molecular complexity index is 1320. The highest BCUT2D eigenvalue weighted by Gasteiger charge is 2.62. The van der Waals surface area contributed by atoms with Gasteiger partial charge in [0.1, 0.15) is 11.7 Å². The Morgan fingerprint density at radius 2 is 1.26 bits per heavy atom. The van der Waals surface area contributed by atoms with E-state index in [0.717, 1.165) is 12.8 Å². The number of hydrogen-bond acceptors (Lipinski definition) is 5. The molecule has 0 aromatic heterocycles. The van der Waals surface area contributed by atoms with Gasteiger partial charge in [-0.05, 0) is 103 Å². The molecule has 1 fully saturated rings. The minimum atomic E-state index is -1.61. The predicted molar refractivity (Wildman–Crippen MR) is 368 cm³/mol. The van der Waals surface area contributed by atoms with Gasteiger partial charge >= 0.3 is 0 Å². The summed E-state index contributed by atoms with van der Waals surface area (Å²) in [6.07, 6.45) is 0.868. The lowest BCUT2D eigenvalue weighted by molar-refractivity contribution is -0.169. The van der Waals surface area contributed by atoms with Crippen molar-refractivity contribution in [2.45, 2.75) is 90.3 Å². The zero-order chi connectivity index (χ0) is 44.9. The average Bonchev–Trinajstić information content (AvgIpc) is 3.11. The summed E-state index contributed by atoms with van der Waals surface area (Å²) in [5, 5.41) is 26.8. The van der Waals surface area contributed by atoms with Gasteiger partial charge in [-0.3, -0.25) is 0 Å². The van der Waals surface area contributed by atoms with Crippen LogP contribution in [-0.2, 0) is 13.6 Å². The number of unbranched alkanes of at least 4 members (excludes halogenated alkanes) is 1. The molecule has 5 nitrogen and oxygen atoms in total. The van der Waals surface area contributed by atoms with Crippen LogP contribution in [0.1, 0.15) is 60.3 Å². The lowest BCUT2D eigenvalue weighted by atomic mass is 9.54. The monoisotopic (exact) mass is 1390 g/mol. The minimum Gasteiger partial charge on any atom is -0.389 e. The fourth-order valence-corrected chi connectivity index (χ4v) is 213. The quantitative estimate of drug-likeness (QED) is 0.0835. The lowest BCUT2D eigenvalue weighted by Gasteiger charge is -2.58. The van der Waals surface area contributed by atoms with E-state index >= 15 is 0 Å². The van der Waals surface area contributed by atoms with Crippen molar-refractivity contribution < 1.29 is 23.8 Å². The van der Waals surface area contributed by atoms with Crippen LogP contribution in [0.25, 0.3) is 0 Å². The molecule has 0 amide bonds. The Balaban J connectivity index is 3.25.